The molecular formula is C17H25N3O3. The van der Waals surface area contributed by atoms with Crippen LogP contribution in [0.2, 0.25) is 0 Å². The van der Waals surface area contributed by atoms with Crippen molar-refractivity contribution in [3.05, 3.63) is 12.1 Å². The van der Waals surface area contributed by atoms with Crippen LogP contribution in [0.5, 0.6) is 11.8 Å². The number of amides is 1. The molecule has 6 heteroatoms. The van der Waals surface area contributed by atoms with Crippen LogP contribution < -0.4 is 9.47 Å². The molecule has 3 rings (SSSR count). The maximum absolute atomic E-state index is 12.7. The monoisotopic (exact) mass is 319 g/mol. The summed E-state index contributed by atoms with van der Waals surface area (Å²) < 4.78 is 10.9. The van der Waals surface area contributed by atoms with Gasteiger partial charge < -0.3 is 14.4 Å². The van der Waals surface area contributed by atoms with Gasteiger partial charge in [0.25, 0.3) is 0 Å². The lowest BCUT2D eigenvalue weighted by Gasteiger charge is -2.35. The Balaban J connectivity index is 1.55. The predicted octanol–water partition coefficient (Wildman–Crippen LogP) is 2.44. The first-order valence-corrected chi connectivity index (χ1v) is 8.59. The van der Waals surface area contributed by atoms with E-state index in [-0.39, 0.29) is 12.0 Å². The molecule has 126 valence electrons. The average molecular weight is 319 g/mol. The van der Waals surface area contributed by atoms with Gasteiger partial charge in [0.05, 0.1) is 13.7 Å². The molecule has 2 aliphatic rings. The molecule has 2 fully saturated rings. The van der Waals surface area contributed by atoms with Crippen LogP contribution in [0.1, 0.15) is 44.9 Å². The Morgan fingerprint density at radius 2 is 1.83 bits per heavy atom. The van der Waals surface area contributed by atoms with Crippen molar-refractivity contribution in [2.24, 2.45) is 5.92 Å². The molecule has 2 heterocycles. The molecule has 1 unspecified atom stereocenters. The largest absolute Gasteiger partial charge is 0.480 e. The summed E-state index contributed by atoms with van der Waals surface area (Å²) in [6.45, 7) is 1.51. The van der Waals surface area contributed by atoms with Crippen LogP contribution in [-0.2, 0) is 4.79 Å². The zero-order chi connectivity index (χ0) is 16.1. The van der Waals surface area contributed by atoms with Crippen molar-refractivity contribution in [3.8, 4) is 11.8 Å². The van der Waals surface area contributed by atoms with E-state index in [1.165, 1.54) is 19.3 Å². The first-order valence-electron chi connectivity index (χ1n) is 8.59. The number of carbonyl (C=O) groups excluding carboxylic acids is 1. The smallest absolute Gasteiger partial charge is 0.233 e. The number of methoxy groups -OCH3 is 1. The van der Waals surface area contributed by atoms with Gasteiger partial charge in [0, 0.05) is 24.6 Å². The van der Waals surface area contributed by atoms with Crippen molar-refractivity contribution in [1.29, 1.82) is 0 Å². The van der Waals surface area contributed by atoms with E-state index in [9.17, 15) is 4.79 Å². The van der Waals surface area contributed by atoms with Gasteiger partial charge in [0.2, 0.25) is 17.7 Å². The highest BCUT2D eigenvalue weighted by molar-refractivity contribution is 5.79. The molecule has 0 bridgehead atoms. The Labute approximate surface area is 137 Å². The second-order valence-corrected chi connectivity index (χ2v) is 6.42. The van der Waals surface area contributed by atoms with Crippen LogP contribution in [0.25, 0.3) is 0 Å². The van der Waals surface area contributed by atoms with Crippen LogP contribution in [0.15, 0.2) is 12.1 Å². The Morgan fingerprint density at radius 1 is 1.09 bits per heavy atom. The van der Waals surface area contributed by atoms with Crippen molar-refractivity contribution in [2.75, 3.05) is 20.2 Å². The predicted molar refractivity (Wildman–Crippen MR) is 85.4 cm³/mol. The Morgan fingerprint density at radius 3 is 2.52 bits per heavy atom. The topological polar surface area (TPSA) is 64.6 Å². The molecule has 23 heavy (non-hydrogen) atoms. The van der Waals surface area contributed by atoms with Crippen molar-refractivity contribution < 1.29 is 14.3 Å². The molecule has 0 spiro atoms. The SMILES string of the molecule is COc1ccc(OC2CCCN(C(=O)C3CCCCC3)C2)nn1. The number of carbonyl (C=O) groups is 1. The van der Waals surface area contributed by atoms with Crippen molar-refractivity contribution in [3.63, 3.8) is 0 Å². The Hall–Kier alpha value is -1.85. The van der Waals surface area contributed by atoms with Crippen LogP contribution in [0, 0.1) is 5.92 Å². The van der Waals surface area contributed by atoms with E-state index in [0.29, 0.717) is 24.2 Å². The third-order valence-corrected chi connectivity index (χ3v) is 4.76. The summed E-state index contributed by atoms with van der Waals surface area (Å²) in [5, 5.41) is 7.92. The van der Waals surface area contributed by atoms with E-state index in [1.54, 1.807) is 19.2 Å². The van der Waals surface area contributed by atoms with Crippen molar-refractivity contribution >= 4 is 5.91 Å². The highest BCUT2D eigenvalue weighted by Crippen LogP contribution is 2.27. The molecule has 1 aliphatic heterocycles. The van der Waals surface area contributed by atoms with Crippen LogP contribution in [-0.4, -0.2) is 47.3 Å². The molecule has 1 aromatic heterocycles. The summed E-state index contributed by atoms with van der Waals surface area (Å²) in [6, 6.07) is 3.49. The number of hydrogen-bond donors (Lipinski definition) is 0. The Bertz CT molecular complexity index is 514. The minimum Gasteiger partial charge on any atom is -0.480 e. The highest BCUT2D eigenvalue weighted by atomic mass is 16.5. The van der Waals surface area contributed by atoms with Gasteiger partial charge in [-0.05, 0) is 25.7 Å². The molecule has 6 nitrogen and oxygen atoms in total. The molecule has 1 saturated carbocycles. The molecule has 0 radical (unpaired) electrons. The fourth-order valence-corrected chi connectivity index (χ4v) is 3.49. The summed E-state index contributed by atoms with van der Waals surface area (Å²) in [4.78, 5) is 14.6. The average Bonchev–Trinajstić information content (AvgIpc) is 2.63. The zero-order valence-electron chi connectivity index (χ0n) is 13.7. The molecule has 1 amide bonds. The summed E-state index contributed by atoms with van der Waals surface area (Å²) in [5.41, 5.74) is 0. The summed E-state index contributed by atoms with van der Waals surface area (Å²) >= 11 is 0. The lowest BCUT2D eigenvalue weighted by atomic mass is 9.88. The molecule has 0 aromatic carbocycles. The fraction of sp³-hybridized carbons (Fsp3) is 0.706. The van der Waals surface area contributed by atoms with Gasteiger partial charge in [0.15, 0.2) is 0 Å². The number of hydrogen-bond acceptors (Lipinski definition) is 5. The summed E-state index contributed by atoms with van der Waals surface area (Å²) in [6.07, 6.45) is 7.66. The van der Waals surface area contributed by atoms with Crippen LogP contribution >= 0.6 is 0 Å². The Kier molecular flexibility index (Phi) is 5.31. The number of piperidine rings is 1. The van der Waals surface area contributed by atoms with Gasteiger partial charge in [-0.15, -0.1) is 10.2 Å². The van der Waals surface area contributed by atoms with E-state index in [1.807, 2.05) is 4.90 Å². The molecule has 0 N–H and O–H groups in total. The normalized spacial score (nSPS) is 22.7. The van der Waals surface area contributed by atoms with Gasteiger partial charge in [-0.3, -0.25) is 4.79 Å². The number of likely N-dealkylation sites (tertiary alicyclic amines) is 1. The van der Waals surface area contributed by atoms with E-state index >= 15 is 0 Å². The maximum Gasteiger partial charge on any atom is 0.233 e. The van der Waals surface area contributed by atoms with E-state index in [0.717, 1.165) is 32.2 Å². The number of ether oxygens (including phenoxy) is 2. The van der Waals surface area contributed by atoms with E-state index < -0.39 is 0 Å². The molecule has 1 atom stereocenters. The van der Waals surface area contributed by atoms with E-state index in [2.05, 4.69) is 10.2 Å². The quantitative estimate of drug-likeness (QED) is 0.853. The number of nitrogens with zero attached hydrogens (tertiary/aromatic N) is 3. The highest BCUT2D eigenvalue weighted by Gasteiger charge is 2.30. The van der Waals surface area contributed by atoms with Gasteiger partial charge >= 0.3 is 0 Å². The van der Waals surface area contributed by atoms with E-state index in [4.69, 9.17) is 9.47 Å². The minimum absolute atomic E-state index is 0.000939. The van der Waals surface area contributed by atoms with Gasteiger partial charge in [-0.1, -0.05) is 19.3 Å². The minimum atomic E-state index is -0.000939. The fourth-order valence-electron chi connectivity index (χ4n) is 3.49. The van der Waals surface area contributed by atoms with Crippen LogP contribution in [0.4, 0.5) is 0 Å². The van der Waals surface area contributed by atoms with Gasteiger partial charge in [-0.25, -0.2) is 0 Å². The third-order valence-electron chi connectivity index (χ3n) is 4.76. The second kappa shape index (κ2) is 7.62. The van der Waals surface area contributed by atoms with Crippen molar-refractivity contribution in [1.82, 2.24) is 15.1 Å². The maximum atomic E-state index is 12.7. The zero-order valence-corrected chi connectivity index (χ0v) is 13.7. The number of rotatable bonds is 4. The lowest BCUT2D eigenvalue weighted by Crippen LogP contribution is -2.47. The standard InChI is InChI=1S/C17H25N3O3/c1-22-15-9-10-16(19-18-15)23-14-8-5-11-20(12-14)17(21)13-6-3-2-4-7-13/h9-10,13-14H,2-8,11-12H2,1H3. The molecule has 1 aliphatic carbocycles. The lowest BCUT2D eigenvalue weighted by molar-refractivity contribution is -0.139. The first-order chi connectivity index (χ1) is 11.3. The molecule has 1 saturated heterocycles. The summed E-state index contributed by atoms with van der Waals surface area (Å²) in [5.74, 6) is 1.50. The summed E-state index contributed by atoms with van der Waals surface area (Å²) in [7, 11) is 1.56. The first kappa shape index (κ1) is 16.0. The third kappa shape index (κ3) is 4.12. The molecule has 1 aromatic rings. The van der Waals surface area contributed by atoms with Gasteiger partial charge in [0.1, 0.15) is 6.10 Å². The second-order valence-electron chi connectivity index (χ2n) is 6.42. The number of aromatic nitrogens is 2. The van der Waals surface area contributed by atoms with Crippen LogP contribution in [0.3, 0.4) is 0 Å². The van der Waals surface area contributed by atoms with Gasteiger partial charge in [-0.2, -0.15) is 0 Å². The van der Waals surface area contributed by atoms with Crippen molar-refractivity contribution in [2.45, 2.75) is 51.0 Å². The molecular weight excluding hydrogens is 294 g/mol.